The molecule has 0 aliphatic carbocycles. The molecule has 0 atom stereocenters. The Morgan fingerprint density at radius 2 is 1.68 bits per heavy atom. The Labute approximate surface area is 156 Å². The zero-order chi connectivity index (χ0) is 17.9. The van der Waals surface area contributed by atoms with Gasteiger partial charge < -0.3 is 0 Å². The molecule has 2 aromatic rings. The third-order valence-electron chi connectivity index (χ3n) is 4.33. The van der Waals surface area contributed by atoms with Gasteiger partial charge in [-0.05, 0) is 17.7 Å². The van der Waals surface area contributed by atoms with E-state index in [1.165, 1.54) is 10.4 Å². The third kappa shape index (κ3) is 4.88. The minimum Gasteiger partial charge on any atom is -0.296 e. The molecular formula is C18H20BrFN2O2S. The summed E-state index contributed by atoms with van der Waals surface area (Å²) in [5, 5.41) is 0. The number of sulfonamides is 1. The summed E-state index contributed by atoms with van der Waals surface area (Å²) in [5.74, 6) is -0.219. The fourth-order valence-corrected chi connectivity index (χ4v) is 4.78. The Kier molecular flexibility index (Phi) is 5.89. The highest BCUT2D eigenvalue weighted by Crippen LogP contribution is 2.19. The van der Waals surface area contributed by atoms with Crippen molar-refractivity contribution in [1.82, 2.24) is 9.21 Å². The van der Waals surface area contributed by atoms with Crippen LogP contribution < -0.4 is 0 Å². The van der Waals surface area contributed by atoms with Gasteiger partial charge >= 0.3 is 0 Å². The van der Waals surface area contributed by atoms with Gasteiger partial charge in [-0.25, -0.2) is 12.8 Å². The smallest absolute Gasteiger partial charge is 0.218 e. The van der Waals surface area contributed by atoms with Crippen LogP contribution in [0.4, 0.5) is 4.39 Å². The molecule has 1 saturated heterocycles. The Balaban J connectivity index is 1.58. The fraction of sp³-hybridized carbons (Fsp3) is 0.333. The van der Waals surface area contributed by atoms with Gasteiger partial charge in [-0.2, -0.15) is 4.31 Å². The molecular weight excluding hydrogens is 407 g/mol. The number of benzene rings is 2. The van der Waals surface area contributed by atoms with Crippen molar-refractivity contribution < 1.29 is 12.8 Å². The largest absolute Gasteiger partial charge is 0.296 e. The van der Waals surface area contributed by atoms with E-state index in [0.717, 1.165) is 5.56 Å². The van der Waals surface area contributed by atoms with Crippen LogP contribution in [0.1, 0.15) is 11.1 Å². The van der Waals surface area contributed by atoms with E-state index in [-0.39, 0.29) is 11.6 Å². The molecule has 0 saturated carbocycles. The van der Waals surface area contributed by atoms with Crippen LogP contribution >= 0.6 is 15.9 Å². The van der Waals surface area contributed by atoms with Crippen molar-refractivity contribution in [2.24, 2.45) is 0 Å². The highest BCUT2D eigenvalue weighted by molar-refractivity contribution is 9.10. The highest BCUT2D eigenvalue weighted by Gasteiger charge is 2.27. The first-order valence-electron chi connectivity index (χ1n) is 8.12. The van der Waals surface area contributed by atoms with Crippen LogP contribution in [0.2, 0.25) is 0 Å². The van der Waals surface area contributed by atoms with Crippen LogP contribution in [0, 0.1) is 5.82 Å². The summed E-state index contributed by atoms with van der Waals surface area (Å²) < 4.78 is 41.3. The highest BCUT2D eigenvalue weighted by atomic mass is 79.9. The Morgan fingerprint density at radius 3 is 2.32 bits per heavy atom. The second-order valence-electron chi connectivity index (χ2n) is 6.15. The maximum atomic E-state index is 14.0. The van der Waals surface area contributed by atoms with Gasteiger partial charge in [0.05, 0.1) is 5.75 Å². The molecule has 0 spiro atoms. The van der Waals surface area contributed by atoms with Crippen LogP contribution in [-0.2, 0) is 22.3 Å². The predicted octanol–water partition coefficient (Wildman–Crippen LogP) is 3.24. The van der Waals surface area contributed by atoms with Crippen LogP contribution in [0.3, 0.4) is 0 Å². The number of hydrogen-bond acceptors (Lipinski definition) is 3. The lowest BCUT2D eigenvalue weighted by atomic mass is 10.2. The summed E-state index contributed by atoms with van der Waals surface area (Å²) in [6.07, 6.45) is 0. The average molecular weight is 427 g/mol. The summed E-state index contributed by atoms with van der Waals surface area (Å²) in [4.78, 5) is 2.08. The van der Waals surface area contributed by atoms with E-state index in [9.17, 15) is 12.8 Å². The lowest BCUT2D eigenvalue weighted by Gasteiger charge is -2.34. The summed E-state index contributed by atoms with van der Waals surface area (Å²) >= 11 is 3.25. The Morgan fingerprint density at radius 1 is 1.00 bits per heavy atom. The van der Waals surface area contributed by atoms with E-state index in [1.807, 2.05) is 36.4 Å². The third-order valence-corrected chi connectivity index (χ3v) is 6.67. The molecule has 0 unspecified atom stereocenters. The van der Waals surface area contributed by atoms with Gasteiger partial charge in [0.2, 0.25) is 10.0 Å². The summed E-state index contributed by atoms with van der Waals surface area (Å²) in [6.45, 7) is 2.57. The van der Waals surface area contributed by atoms with Gasteiger partial charge in [0.15, 0.2) is 0 Å². The van der Waals surface area contributed by atoms with E-state index in [2.05, 4.69) is 20.8 Å². The molecule has 25 heavy (non-hydrogen) atoms. The Bertz CT molecular complexity index is 822. The second kappa shape index (κ2) is 7.95. The number of hydrogen-bond donors (Lipinski definition) is 0. The monoisotopic (exact) mass is 426 g/mol. The van der Waals surface area contributed by atoms with E-state index >= 15 is 0 Å². The van der Waals surface area contributed by atoms with E-state index in [4.69, 9.17) is 0 Å². The zero-order valence-corrected chi connectivity index (χ0v) is 16.1. The molecule has 0 amide bonds. The summed E-state index contributed by atoms with van der Waals surface area (Å²) in [7, 11) is -3.32. The molecule has 0 aromatic heterocycles. The molecule has 1 fully saturated rings. The quantitative estimate of drug-likeness (QED) is 0.736. The molecule has 1 heterocycles. The number of nitrogens with zero attached hydrogens (tertiary/aromatic N) is 2. The first kappa shape index (κ1) is 18.5. The normalized spacial score (nSPS) is 16.9. The average Bonchev–Trinajstić information content (AvgIpc) is 2.58. The van der Waals surface area contributed by atoms with Crippen molar-refractivity contribution in [1.29, 1.82) is 0 Å². The molecule has 7 heteroatoms. The number of rotatable bonds is 5. The van der Waals surface area contributed by atoms with Crippen molar-refractivity contribution >= 4 is 26.0 Å². The predicted molar refractivity (Wildman–Crippen MR) is 100 cm³/mol. The standard InChI is InChI=1S/C18H20BrFN2O2S/c19-17-7-6-16(18(20)12-17)13-21-8-10-22(11-9-21)25(23,24)14-15-4-2-1-3-5-15/h1-7,12H,8-11,13-14H2. The van der Waals surface area contributed by atoms with Gasteiger partial charge in [-0.15, -0.1) is 0 Å². The molecule has 0 radical (unpaired) electrons. The Hall–Kier alpha value is -1.28. The van der Waals surface area contributed by atoms with Gasteiger partial charge in [0.25, 0.3) is 0 Å². The minimum atomic E-state index is -3.32. The molecule has 134 valence electrons. The number of piperazine rings is 1. The van der Waals surface area contributed by atoms with Crippen LogP contribution in [-0.4, -0.2) is 43.8 Å². The van der Waals surface area contributed by atoms with Crippen LogP contribution in [0.25, 0.3) is 0 Å². The molecule has 4 nitrogen and oxygen atoms in total. The summed E-state index contributed by atoms with van der Waals surface area (Å²) in [6, 6.07) is 14.2. The summed E-state index contributed by atoms with van der Waals surface area (Å²) in [5.41, 5.74) is 1.42. The SMILES string of the molecule is O=S(=O)(Cc1ccccc1)N1CCN(Cc2ccc(Br)cc2F)CC1. The van der Waals surface area contributed by atoms with Crippen molar-refractivity contribution in [2.75, 3.05) is 26.2 Å². The van der Waals surface area contributed by atoms with Gasteiger partial charge in [0, 0.05) is 42.8 Å². The minimum absolute atomic E-state index is 0.0230. The first-order chi connectivity index (χ1) is 11.9. The maximum Gasteiger partial charge on any atom is 0.218 e. The van der Waals surface area contributed by atoms with Crippen molar-refractivity contribution in [3.8, 4) is 0 Å². The van der Waals surface area contributed by atoms with Crippen molar-refractivity contribution in [2.45, 2.75) is 12.3 Å². The van der Waals surface area contributed by atoms with Gasteiger partial charge in [-0.3, -0.25) is 4.90 Å². The number of halogens is 2. The van der Waals surface area contributed by atoms with E-state index in [0.29, 0.717) is 42.8 Å². The van der Waals surface area contributed by atoms with Crippen LogP contribution in [0.15, 0.2) is 53.0 Å². The molecule has 3 rings (SSSR count). The topological polar surface area (TPSA) is 40.6 Å². The van der Waals surface area contributed by atoms with Gasteiger partial charge in [0.1, 0.15) is 5.82 Å². The van der Waals surface area contributed by atoms with E-state index < -0.39 is 10.0 Å². The molecule has 2 aromatic carbocycles. The molecule has 0 bridgehead atoms. The van der Waals surface area contributed by atoms with Crippen LogP contribution in [0.5, 0.6) is 0 Å². The van der Waals surface area contributed by atoms with Gasteiger partial charge in [-0.1, -0.05) is 52.3 Å². The zero-order valence-electron chi connectivity index (χ0n) is 13.7. The molecule has 0 N–H and O–H groups in total. The van der Waals surface area contributed by atoms with E-state index in [1.54, 1.807) is 6.07 Å². The lowest BCUT2D eigenvalue weighted by molar-refractivity contribution is 0.179. The molecule has 1 aliphatic heterocycles. The van der Waals surface area contributed by atoms with Crippen molar-refractivity contribution in [3.63, 3.8) is 0 Å². The van der Waals surface area contributed by atoms with Crippen molar-refractivity contribution in [3.05, 3.63) is 69.9 Å². The fourth-order valence-electron chi connectivity index (χ4n) is 2.93. The lowest BCUT2D eigenvalue weighted by Crippen LogP contribution is -2.48. The first-order valence-corrected chi connectivity index (χ1v) is 10.5. The second-order valence-corrected chi connectivity index (χ2v) is 9.04. The maximum absolute atomic E-state index is 14.0. The molecule has 1 aliphatic rings.